The molecular weight excluding hydrogens is 236 g/mol. The van der Waals surface area contributed by atoms with Crippen LogP contribution in [0.2, 0.25) is 0 Å². The maximum absolute atomic E-state index is 4.31. The minimum Gasteiger partial charge on any atom is -0.364 e. The third kappa shape index (κ3) is 2.52. The molecule has 1 aromatic carbocycles. The third-order valence-corrected chi connectivity index (χ3v) is 2.95. The van der Waals surface area contributed by atoms with Crippen molar-refractivity contribution in [2.75, 3.05) is 5.32 Å². The Morgan fingerprint density at radius 1 is 1.05 bits per heavy atom. The van der Waals surface area contributed by atoms with Crippen molar-refractivity contribution < 1.29 is 0 Å². The first kappa shape index (κ1) is 11.6. The minimum absolute atomic E-state index is 0.654. The summed E-state index contributed by atoms with van der Waals surface area (Å²) in [5.41, 5.74) is 3.13. The van der Waals surface area contributed by atoms with E-state index in [2.05, 4.69) is 39.3 Å². The Hall–Kier alpha value is -2.49. The van der Waals surface area contributed by atoms with Gasteiger partial charge in [0.15, 0.2) is 0 Å². The van der Waals surface area contributed by atoms with Crippen molar-refractivity contribution in [1.82, 2.24) is 15.0 Å². The van der Waals surface area contributed by atoms with Crippen molar-refractivity contribution in [2.45, 2.75) is 13.5 Å². The molecule has 0 atom stereocenters. The lowest BCUT2D eigenvalue weighted by Gasteiger charge is -2.08. The number of benzene rings is 1. The minimum atomic E-state index is 0.654. The molecule has 0 spiro atoms. The highest BCUT2D eigenvalue weighted by atomic mass is 15.0. The second kappa shape index (κ2) is 5.02. The molecule has 2 aromatic heterocycles. The van der Waals surface area contributed by atoms with Crippen LogP contribution in [0.1, 0.15) is 11.3 Å². The average molecular weight is 250 g/mol. The summed E-state index contributed by atoms with van der Waals surface area (Å²) in [7, 11) is 0. The van der Waals surface area contributed by atoms with Crippen LogP contribution in [-0.2, 0) is 6.54 Å². The van der Waals surface area contributed by atoms with Gasteiger partial charge in [0.1, 0.15) is 12.1 Å². The van der Waals surface area contributed by atoms with E-state index in [1.165, 1.54) is 5.56 Å². The third-order valence-electron chi connectivity index (χ3n) is 2.95. The van der Waals surface area contributed by atoms with Crippen LogP contribution in [0.4, 0.5) is 5.82 Å². The lowest BCUT2D eigenvalue weighted by Crippen LogP contribution is -2.03. The molecule has 0 aliphatic heterocycles. The summed E-state index contributed by atoms with van der Waals surface area (Å²) >= 11 is 0. The standard InChI is InChI=1S/C15H14N4/c1-11-5-6-14-13(8-11)15(19-10-18-14)17-9-12-4-2-3-7-16-12/h2-8,10H,9H2,1H3,(H,17,18,19). The molecule has 94 valence electrons. The van der Waals surface area contributed by atoms with Gasteiger partial charge in [-0.05, 0) is 31.2 Å². The van der Waals surface area contributed by atoms with Gasteiger partial charge in [-0.3, -0.25) is 4.98 Å². The summed E-state index contributed by atoms with van der Waals surface area (Å²) in [6.45, 7) is 2.72. The molecule has 0 bridgehead atoms. The predicted octanol–water partition coefficient (Wildman–Crippen LogP) is 2.95. The molecular formula is C15H14N4. The molecule has 4 heteroatoms. The molecule has 0 aliphatic rings. The van der Waals surface area contributed by atoms with Crippen molar-refractivity contribution in [3.63, 3.8) is 0 Å². The van der Waals surface area contributed by atoms with Gasteiger partial charge in [0.05, 0.1) is 17.8 Å². The van der Waals surface area contributed by atoms with E-state index in [0.29, 0.717) is 6.54 Å². The number of nitrogens with zero attached hydrogens (tertiary/aromatic N) is 3. The number of fused-ring (bicyclic) bond motifs is 1. The summed E-state index contributed by atoms with van der Waals surface area (Å²) in [6.07, 6.45) is 3.37. The molecule has 0 saturated carbocycles. The number of hydrogen-bond acceptors (Lipinski definition) is 4. The number of aryl methyl sites for hydroxylation is 1. The summed E-state index contributed by atoms with van der Waals surface area (Å²) in [5.74, 6) is 0.847. The Balaban J connectivity index is 1.90. The van der Waals surface area contributed by atoms with Crippen LogP contribution in [0.25, 0.3) is 10.9 Å². The van der Waals surface area contributed by atoms with Crippen molar-refractivity contribution >= 4 is 16.7 Å². The summed E-state index contributed by atoms with van der Waals surface area (Å²) < 4.78 is 0. The molecule has 0 unspecified atom stereocenters. The van der Waals surface area contributed by atoms with Crippen LogP contribution < -0.4 is 5.32 Å². The van der Waals surface area contributed by atoms with Crippen LogP contribution in [0.3, 0.4) is 0 Å². The largest absolute Gasteiger partial charge is 0.364 e. The van der Waals surface area contributed by atoms with E-state index in [1.54, 1.807) is 12.5 Å². The molecule has 2 heterocycles. The molecule has 3 rings (SSSR count). The number of pyridine rings is 1. The van der Waals surface area contributed by atoms with E-state index in [0.717, 1.165) is 22.4 Å². The van der Waals surface area contributed by atoms with Crippen LogP contribution in [-0.4, -0.2) is 15.0 Å². The molecule has 4 nitrogen and oxygen atoms in total. The molecule has 19 heavy (non-hydrogen) atoms. The SMILES string of the molecule is Cc1ccc2ncnc(NCc3ccccn3)c2c1. The Bertz CT molecular complexity index is 695. The van der Waals surface area contributed by atoms with Crippen LogP contribution in [0, 0.1) is 6.92 Å². The van der Waals surface area contributed by atoms with Crippen molar-refractivity contribution in [1.29, 1.82) is 0 Å². The van der Waals surface area contributed by atoms with Crippen molar-refractivity contribution in [2.24, 2.45) is 0 Å². The van der Waals surface area contributed by atoms with E-state index in [9.17, 15) is 0 Å². The molecule has 0 radical (unpaired) electrons. The number of aromatic nitrogens is 3. The topological polar surface area (TPSA) is 50.7 Å². The van der Waals surface area contributed by atoms with Gasteiger partial charge < -0.3 is 5.32 Å². The highest BCUT2D eigenvalue weighted by Crippen LogP contribution is 2.20. The van der Waals surface area contributed by atoms with Gasteiger partial charge in [0.2, 0.25) is 0 Å². The van der Waals surface area contributed by atoms with Gasteiger partial charge in [-0.1, -0.05) is 17.7 Å². The van der Waals surface area contributed by atoms with Crippen LogP contribution in [0.15, 0.2) is 48.9 Å². The Kier molecular flexibility index (Phi) is 3.06. The smallest absolute Gasteiger partial charge is 0.137 e. The molecule has 3 aromatic rings. The molecule has 0 amide bonds. The second-order valence-corrected chi connectivity index (χ2v) is 4.42. The normalized spacial score (nSPS) is 10.6. The van der Waals surface area contributed by atoms with E-state index in [-0.39, 0.29) is 0 Å². The highest BCUT2D eigenvalue weighted by Gasteiger charge is 2.03. The maximum atomic E-state index is 4.31. The van der Waals surface area contributed by atoms with Gasteiger partial charge in [-0.15, -0.1) is 0 Å². The fourth-order valence-electron chi connectivity index (χ4n) is 1.99. The van der Waals surface area contributed by atoms with E-state index in [1.807, 2.05) is 24.3 Å². The first-order chi connectivity index (χ1) is 9.33. The molecule has 0 fully saturated rings. The first-order valence-electron chi connectivity index (χ1n) is 6.18. The lowest BCUT2D eigenvalue weighted by atomic mass is 10.1. The predicted molar refractivity (Wildman–Crippen MR) is 75.8 cm³/mol. The quantitative estimate of drug-likeness (QED) is 0.776. The van der Waals surface area contributed by atoms with Gasteiger partial charge in [-0.25, -0.2) is 9.97 Å². The van der Waals surface area contributed by atoms with Gasteiger partial charge in [-0.2, -0.15) is 0 Å². The molecule has 0 saturated heterocycles. The van der Waals surface area contributed by atoms with Crippen LogP contribution >= 0.6 is 0 Å². The molecule has 0 aliphatic carbocycles. The lowest BCUT2D eigenvalue weighted by molar-refractivity contribution is 1.03. The summed E-state index contributed by atoms with van der Waals surface area (Å²) in [5, 5.41) is 4.36. The first-order valence-corrected chi connectivity index (χ1v) is 6.18. The zero-order valence-corrected chi connectivity index (χ0v) is 10.7. The Labute approximate surface area is 111 Å². The monoisotopic (exact) mass is 250 g/mol. The fraction of sp³-hybridized carbons (Fsp3) is 0.133. The average Bonchev–Trinajstić information content (AvgIpc) is 2.46. The van der Waals surface area contributed by atoms with Crippen molar-refractivity contribution in [3.8, 4) is 0 Å². The van der Waals surface area contributed by atoms with Crippen molar-refractivity contribution in [3.05, 3.63) is 60.2 Å². The van der Waals surface area contributed by atoms with E-state index >= 15 is 0 Å². The number of anilines is 1. The Morgan fingerprint density at radius 3 is 2.84 bits per heavy atom. The van der Waals surface area contributed by atoms with Gasteiger partial charge >= 0.3 is 0 Å². The second-order valence-electron chi connectivity index (χ2n) is 4.42. The zero-order chi connectivity index (χ0) is 13.1. The van der Waals surface area contributed by atoms with E-state index < -0.39 is 0 Å². The summed E-state index contributed by atoms with van der Waals surface area (Å²) in [6, 6.07) is 12.0. The molecule has 1 N–H and O–H groups in total. The highest BCUT2D eigenvalue weighted by molar-refractivity contribution is 5.89. The number of hydrogen-bond donors (Lipinski definition) is 1. The fourth-order valence-corrected chi connectivity index (χ4v) is 1.99. The number of nitrogens with one attached hydrogen (secondary N) is 1. The van der Waals surface area contributed by atoms with E-state index in [4.69, 9.17) is 0 Å². The van der Waals surface area contributed by atoms with Gasteiger partial charge in [0, 0.05) is 11.6 Å². The number of rotatable bonds is 3. The summed E-state index contributed by atoms with van der Waals surface area (Å²) in [4.78, 5) is 12.9. The van der Waals surface area contributed by atoms with Crippen LogP contribution in [0.5, 0.6) is 0 Å². The maximum Gasteiger partial charge on any atom is 0.137 e. The zero-order valence-electron chi connectivity index (χ0n) is 10.7. The Morgan fingerprint density at radius 2 is 2.00 bits per heavy atom. The van der Waals surface area contributed by atoms with Gasteiger partial charge in [0.25, 0.3) is 0 Å².